The Labute approximate surface area is 180 Å². The van der Waals surface area contributed by atoms with Gasteiger partial charge in [-0.15, -0.1) is 0 Å². The number of para-hydroxylation sites is 1. The minimum Gasteiger partial charge on any atom is -0.362 e. The summed E-state index contributed by atoms with van der Waals surface area (Å²) in [6, 6.07) is 6.66. The van der Waals surface area contributed by atoms with E-state index in [9.17, 15) is 14.4 Å². The van der Waals surface area contributed by atoms with Gasteiger partial charge >= 0.3 is 0 Å². The van der Waals surface area contributed by atoms with Crippen molar-refractivity contribution in [2.24, 2.45) is 0 Å². The van der Waals surface area contributed by atoms with Gasteiger partial charge in [0.1, 0.15) is 24.4 Å². The summed E-state index contributed by atoms with van der Waals surface area (Å²) < 4.78 is 1.67. The molecule has 2 aromatic rings. The van der Waals surface area contributed by atoms with E-state index >= 15 is 0 Å². The van der Waals surface area contributed by atoms with Gasteiger partial charge in [0.25, 0.3) is 5.91 Å². The second kappa shape index (κ2) is 8.37. The summed E-state index contributed by atoms with van der Waals surface area (Å²) in [4.78, 5) is 43.6. The zero-order valence-corrected chi connectivity index (χ0v) is 17.7. The molecule has 3 heterocycles. The average molecular weight is 425 g/mol. The number of amides is 3. The van der Waals surface area contributed by atoms with Crippen LogP contribution in [0.15, 0.2) is 36.9 Å². The van der Waals surface area contributed by atoms with Gasteiger partial charge in [0.05, 0.1) is 11.6 Å². The van der Waals surface area contributed by atoms with Crippen LogP contribution in [0.2, 0.25) is 0 Å². The van der Waals surface area contributed by atoms with Gasteiger partial charge in [0, 0.05) is 31.6 Å². The fraction of sp³-hybridized carbons (Fsp3) is 0.476. The molecule has 31 heavy (non-hydrogen) atoms. The van der Waals surface area contributed by atoms with Crippen molar-refractivity contribution in [3.05, 3.63) is 42.5 Å². The number of rotatable bonds is 5. The van der Waals surface area contributed by atoms with Crippen molar-refractivity contribution < 1.29 is 14.4 Å². The van der Waals surface area contributed by atoms with Gasteiger partial charge in [-0.2, -0.15) is 5.10 Å². The van der Waals surface area contributed by atoms with Crippen LogP contribution in [0.25, 0.3) is 0 Å². The molecular weight excluding hydrogens is 398 g/mol. The molecule has 2 aliphatic heterocycles. The molecule has 0 saturated carbocycles. The normalized spacial score (nSPS) is 22.7. The first-order valence-corrected chi connectivity index (χ1v) is 10.5. The van der Waals surface area contributed by atoms with Crippen LogP contribution in [-0.4, -0.2) is 62.2 Å². The summed E-state index contributed by atoms with van der Waals surface area (Å²) in [5, 5.41) is 13.4. The van der Waals surface area contributed by atoms with Gasteiger partial charge in [-0.05, 0) is 32.4 Å². The van der Waals surface area contributed by atoms with E-state index in [4.69, 9.17) is 0 Å². The highest BCUT2D eigenvalue weighted by Gasteiger charge is 2.41. The fourth-order valence-corrected chi connectivity index (χ4v) is 4.12. The molecule has 1 saturated heterocycles. The topological polar surface area (TPSA) is 121 Å². The number of carbonyl (C=O) groups excluding carboxylic acids is 3. The maximum Gasteiger partial charge on any atom is 0.255 e. The number of nitrogens with one attached hydrogen (secondary N) is 3. The maximum atomic E-state index is 12.8. The second-order valence-electron chi connectivity index (χ2n) is 8.19. The number of benzene rings is 1. The lowest BCUT2D eigenvalue weighted by atomic mass is 9.95. The number of anilines is 1. The van der Waals surface area contributed by atoms with Crippen LogP contribution in [-0.2, 0) is 9.59 Å². The van der Waals surface area contributed by atoms with Crippen molar-refractivity contribution in [2.45, 2.75) is 50.9 Å². The van der Waals surface area contributed by atoms with E-state index in [0.717, 1.165) is 5.69 Å². The number of aromatic nitrogens is 3. The van der Waals surface area contributed by atoms with Crippen LogP contribution < -0.4 is 16.0 Å². The Hall–Kier alpha value is -3.43. The monoisotopic (exact) mass is 425 g/mol. The standard InChI is InChI=1S/C21H27N7O3/c1-14(28-13-22-12-24-28)11-23-19(30)15(2)27-10-9-21(8-7-18(27)29)25-17-6-4-3-5-16(17)20(31)26-21/h3-6,12-15,25H,7-11H2,1-2H3,(H,23,30)(H,26,31)/t14-,15+,21+/m0/s1. The molecule has 1 spiro atoms. The van der Waals surface area contributed by atoms with Crippen molar-refractivity contribution in [1.29, 1.82) is 0 Å². The van der Waals surface area contributed by atoms with E-state index < -0.39 is 11.7 Å². The van der Waals surface area contributed by atoms with Crippen molar-refractivity contribution >= 4 is 23.4 Å². The molecule has 0 unspecified atom stereocenters. The van der Waals surface area contributed by atoms with Gasteiger partial charge in [0.15, 0.2) is 0 Å². The van der Waals surface area contributed by atoms with Crippen LogP contribution in [0.3, 0.4) is 0 Å². The largest absolute Gasteiger partial charge is 0.362 e. The van der Waals surface area contributed by atoms with Gasteiger partial charge < -0.3 is 20.9 Å². The van der Waals surface area contributed by atoms with Crippen molar-refractivity contribution in [3.8, 4) is 0 Å². The summed E-state index contributed by atoms with van der Waals surface area (Å²) in [6.07, 6.45) is 4.25. The number of nitrogens with zero attached hydrogens (tertiary/aromatic N) is 4. The molecule has 0 aliphatic carbocycles. The quantitative estimate of drug-likeness (QED) is 0.655. The third-order valence-corrected chi connectivity index (χ3v) is 6.07. The lowest BCUT2D eigenvalue weighted by Crippen LogP contribution is -2.58. The van der Waals surface area contributed by atoms with Gasteiger partial charge in [0.2, 0.25) is 11.8 Å². The first-order valence-electron chi connectivity index (χ1n) is 10.5. The van der Waals surface area contributed by atoms with E-state index in [1.807, 2.05) is 25.1 Å². The van der Waals surface area contributed by atoms with Crippen molar-refractivity contribution in [2.75, 3.05) is 18.4 Å². The highest BCUT2D eigenvalue weighted by Crippen LogP contribution is 2.32. The predicted octanol–water partition coefficient (Wildman–Crippen LogP) is 0.908. The molecule has 3 N–H and O–H groups in total. The van der Waals surface area contributed by atoms with Crippen molar-refractivity contribution in [1.82, 2.24) is 30.3 Å². The first-order chi connectivity index (χ1) is 14.9. The molecule has 2 aliphatic rings. The first kappa shape index (κ1) is 20.8. The summed E-state index contributed by atoms with van der Waals surface area (Å²) >= 11 is 0. The molecule has 3 amide bonds. The van der Waals surface area contributed by atoms with Crippen LogP contribution in [0, 0.1) is 0 Å². The Kier molecular flexibility index (Phi) is 5.62. The van der Waals surface area contributed by atoms with E-state index in [0.29, 0.717) is 31.5 Å². The molecule has 10 nitrogen and oxygen atoms in total. The summed E-state index contributed by atoms with van der Waals surface area (Å²) in [6.45, 7) is 4.40. The highest BCUT2D eigenvalue weighted by atomic mass is 16.2. The minimum atomic E-state index is -0.701. The molecule has 10 heteroatoms. The second-order valence-corrected chi connectivity index (χ2v) is 8.19. The van der Waals surface area contributed by atoms with E-state index in [1.165, 1.54) is 6.33 Å². The Morgan fingerprint density at radius 3 is 2.81 bits per heavy atom. The smallest absolute Gasteiger partial charge is 0.255 e. The lowest BCUT2D eigenvalue weighted by Gasteiger charge is -2.40. The Morgan fingerprint density at radius 1 is 1.23 bits per heavy atom. The molecule has 4 rings (SSSR count). The lowest BCUT2D eigenvalue weighted by molar-refractivity contribution is -0.139. The van der Waals surface area contributed by atoms with Gasteiger partial charge in [-0.3, -0.25) is 14.4 Å². The Bertz CT molecular complexity index is 977. The molecular formula is C21H27N7O3. The number of fused-ring (bicyclic) bond motifs is 1. The van der Waals surface area contributed by atoms with Crippen LogP contribution in [0.1, 0.15) is 49.5 Å². The van der Waals surface area contributed by atoms with E-state index in [-0.39, 0.29) is 30.2 Å². The Balaban J connectivity index is 1.40. The van der Waals surface area contributed by atoms with Gasteiger partial charge in [-0.25, -0.2) is 9.67 Å². The minimum absolute atomic E-state index is 0.0523. The molecule has 1 aromatic heterocycles. The average Bonchev–Trinajstić information content (AvgIpc) is 3.26. The van der Waals surface area contributed by atoms with Gasteiger partial charge in [-0.1, -0.05) is 12.1 Å². The summed E-state index contributed by atoms with van der Waals surface area (Å²) in [5.41, 5.74) is 0.656. The number of likely N-dealkylation sites (tertiary alicyclic amines) is 1. The number of hydrogen-bond donors (Lipinski definition) is 3. The molecule has 164 valence electrons. The predicted molar refractivity (Wildman–Crippen MR) is 113 cm³/mol. The van der Waals surface area contributed by atoms with Crippen LogP contribution in [0.4, 0.5) is 5.69 Å². The molecule has 3 atom stereocenters. The summed E-state index contributed by atoms with van der Waals surface area (Å²) in [7, 11) is 0. The summed E-state index contributed by atoms with van der Waals surface area (Å²) in [5.74, 6) is -0.468. The SMILES string of the molecule is C[C@H](C(=O)NC[C@H](C)n1cncn1)N1CC[C@@]2(CCC1=O)NC(=O)c1ccccc1N2. The zero-order valence-electron chi connectivity index (χ0n) is 17.7. The van der Waals surface area contributed by atoms with E-state index in [2.05, 4.69) is 26.0 Å². The molecule has 0 bridgehead atoms. The van der Waals surface area contributed by atoms with Crippen LogP contribution in [0.5, 0.6) is 0 Å². The third-order valence-electron chi connectivity index (χ3n) is 6.07. The maximum absolute atomic E-state index is 12.8. The number of carbonyl (C=O) groups is 3. The Morgan fingerprint density at radius 2 is 2.03 bits per heavy atom. The molecule has 0 radical (unpaired) electrons. The van der Waals surface area contributed by atoms with Crippen molar-refractivity contribution in [3.63, 3.8) is 0 Å². The zero-order chi connectivity index (χ0) is 22.0. The molecule has 1 fully saturated rings. The third kappa shape index (κ3) is 4.23. The highest BCUT2D eigenvalue weighted by molar-refractivity contribution is 6.02. The molecule has 1 aromatic carbocycles. The van der Waals surface area contributed by atoms with E-state index in [1.54, 1.807) is 28.9 Å². The number of hydrogen-bond acceptors (Lipinski definition) is 6. The van der Waals surface area contributed by atoms with Crippen LogP contribution >= 0.6 is 0 Å². The fourth-order valence-electron chi connectivity index (χ4n) is 4.12.